The van der Waals surface area contributed by atoms with Crippen LogP contribution in [0.1, 0.15) is 36.1 Å². The predicted molar refractivity (Wildman–Crippen MR) is 185 cm³/mol. The Morgan fingerprint density at radius 1 is 0.578 bits per heavy atom. The number of para-hydroxylation sites is 3. The van der Waals surface area contributed by atoms with Gasteiger partial charge in [-0.05, 0) is 64.7 Å². The number of nitriles is 1. The van der Waals surface area contributed by atoms with Gasteiger partial charge in [0.05, 0.1) is 39.0 Å². The van der Waals surface area contributed by atoms with E-state index in [0.29, 0.717) is 5.56 Å². The average Bonchev–Trinajstić information content (AvgIpc) is 3.67. The van der Waals surface area contributed by atoms with E-state index < -0.39 is 0 Å². The Kier molecular flexibility index (Phi) is 5.14. The van der Waals surface area contributed by atoms with Crippen LogP contribution in [0.2, 0.25) is 0 Å². The first kappa shape index (κ1) is 25.6. The molecule has 4 heteroatoms. The van der Waals surface area contributed by atoms with Crippen molar-refractivity contribution in [1.82, 2.24) is 9.13 Å². The van der Waals surface area contributed by atoms with Crippen LogP contribution in [0.3, 0.4) is 0 Å². The maximum Gasteiger partial charge on any atom is 0.101 e. The molecule has 0 aliphatic heterocycles. The van der Waals surface area contributed by atoms with Crippen molar-refractivity contribution in [3.63, 3.8) is 0 Å². The van der Waals surface area contributed by atoms with Crippen molar-refractivity contribution in [2.24, 2.45) is 0 Å². The van der Waals surface area contributed by atoms with Gasteiger partial charge >= 0.3 is 0 Å². The van der Waals surface area contributed by atoms with Gasteiger partial charge in [0.1, 0.15) is 6.07 Å². The molecule has 0 bridgehead atoms. The summed E-state index contributed by atoms with van der Waals surface area (Å²) in [5.41, 5.74) is 12.1. The fraction of sp³-hybridized carbons (Fsp3) is 0.0732. The predicted octanol–water partition coefficient (Wildman–Crippen LogP) is 10.1. The van der Waals surface area contributed by atoms with Gasteiger partial charge in [-0.1, -0.05) is 92.7 Å². The minimum absolute atomic E-state index is 0.153. The maximum atomic E-state index is 10.7. The van der Waals surface area contributed by atoms with Crippen molar-refractivity contribution in [1.29, 1.82) is 10.7 Å². The summed E-state index contributed by atoms with van der Waals surface area (Å²) < 4.78 is 4.42. The molecular formula is C41H28N4. The third kappa shape index (κ3) is 3.33. The summed E-state index contributed by atoms with van der Waals surface area (Å²) in [5.74, 6) is 0. The van der Waals surface area contributed by atoms with E-state index in [1.807, 2.05) is 24.3 Å². The molecule has 0 saturated carbocycles. The highest BCUT2D eigenvalue weighted by atomic mass is 15.0. The van der Waals surface area contributed by atoms with Gasteiger partial charge in [-0.2, -0.15) is 5.26 Å². The van der Waals surface area contributed by atoms with E-state index in [1.165, 1.54) is 28.5 Å². The van der Waals surface area contributed by atoms with Crippen LogP contribution in [0, 0.1) is 16.7 Å². The van der Waals surface area contributed by atoms with Crippen LogP contribution in [0.4, 0.5) is 0 Å². The summed E-state index contributed by atoms with van der Waals surface area (Å²) in [4.78, 5) is 0. The number of benzene rings is 6. The van der Waals surface area contributed by atoms with Crippen LogP contribution in [0.25, 0.3) is 66.1 Å². The quantitative estimate of drug-likeness (QED) is 0.209. The molecule has 6 aromatic carbocycles. The Hall–Kier alpha value is -5.92. The van der Waals surface area contributed by atoms with E-state index >= 15 is 0 Å². The molecule has 0 radical (unpaired) electrons. The zero-order valence-electron chi connectivity index (χ0n) is 25.0. The molecule has 0 amide bonds. The van der Waals surface area contributed by atoms with E-state index in [9.17, 15) is 5.26 Å². The Morgan fingerprint density at radius 2 is 1.13 bits per heavy atom. The lowest BCUT2D eigenvalue weighted by atomic mass is 9.82. The summed E-state index contributed by atoms with van der Waals surface area (Å²) in [7, 11) is 0. The second-order valence-electron chi connectivity index (χ2n) is 12.5. The molecule has 0 unspecified atom stereocenters. The summed E-state index contributed by atoms with van der Waals surface area (Å²) in [6.07, 6.45) is 1.41. The van der Waals surface area contributed by atoms with Crippen LogP contribution in [0.15, 0.2) is 121 Å². The molecule has 0 spiro atoms. The van der Waals surface area contributed by atoms with Gasteiger partial charge in [0.25, 0.3) is 0 Å². The van der Waals surface area contributed by atoms with Gasteiger partial charge in [0.2, 0.25) is 0 Å². The van der Waals surface area contributed by atoms with Crippen LogP contribution in [-0.2, 0) is 5.41 Å². The van der Waals surface area contributed by atoms with E-state index in [-0.39, 0.29) is 5.41 Å². The number of rotatable bonds is 3. The first-order valence-electron chi connectivity index (χ1n) is 15.3. The highest BCUT2D eigenvalue weighted by molar-refractivity contribution is 6.12. The number of fused-ring (bicyclic) bond motifs is 9. The second kappa shape index (κ2) is 9.05. The molecule has 2 aromatic heterocycles. The van der Waals surface area contributed by atoms with Gasteiger partial charge < -0.3 is 14.5 Å². The monoisotopic (exact) mass is 576 g/mol. The van der Waals surface area contributed by atoms with Crippen molar-refractivity contribution in [2.45, 2.75) is 19.3 Å². The van der Waals surface area contributed by atoms with E-state index in [0.717, 1.165) is 60.5 Å². The average molecular weight is 577 g/mol. The third-order valence-electron chi connectivity index (χ3n) is 9.86. The smallest absolute Gasteiger partial charge is 0.101 e. The molecule has 1 N–H and O–H groups in total. The van der Waals surface area contributed by atoms with Crippen molar-refractivity contribution in [3.8, 4) is 28.6 Å². The molecule has 1 aliphatic carbocycles. The molecule has 1 aliphatic rings. The van der Waals surface area contributed by atoms with Crippen molar-refractivity contribution in [2.75, 3.05) is 0 Å². The lowest BCUT2D eigenvalue weighted by Gasteiger charge is -2.22. The van der Waals surface area contributed by atoms with Crippen LogP contribution in [0.5, 0.6) is 0 Å². The number of aromatic nitrogens is 2. The van der Waals surface area contributed by atoms with Gasteiger partial charge in [-0.15, -0.1) is 0 Å². The van der Waals surface area contributed by atoms with E-state index in [4.69, 9.17) is 5.41 Å². The molecule has 45 heavy (non-hydrogen) atoms. The summed E-state index contributed by atoms with van der Waals surface area (Å²) in [5, 5.41) is 23.9. The number of hydrogen-bond acceptors (Lipinski definition) is 2. The number of hydrogen-bond donors (Lipinski definition) is 1. The number of nitrogens with zero attached hydrogens (tertiary/aromatic N) is 3. The molecular weight excluding hydrogens is 548 g/mol. The molecule has 9 rings (SSSR count). The zero-order valence-corrected chi connectivity index (χ0v) is 25.0. The number of nitrogens with one attached hydrogen (secondary N) is 1. The minimum atomic E-state index is -0.153. The molecule has 0 fully saturated rings. The first-order valence-corrected chi connectivity index (χ1v) is 15.3. The Bertz CT molecular complexity index is 2550. The minimum Gasteiger partial charge on any atom is -0.309 e. The van der Waals surface area contributed by atoms with E-state index in [1.54, 1.807) is 0 Å². The van der Waals surface area contributed by atoms with Crippen molar-refractivity contribution in [3.05, 3.63) is 144 Å². The SMILES string of the molecule is CC1(C)c2ccccc2-c2cc3c4ccccc4n(-c4cc(C=N)c(-n5c6ccccc6c6ccccc65)cc4C#N)c3cc21. The highest BCUT2D eigenvalue weighted by Gasteiger charge is 2.36. The lowest BCUT2D eigenvalue weighted by molar-refractivity contribution is 0.661. The Morgan fingerprint density at radius 3 is 1.76 bits per heavy atom. The molecule has 0 atom stereocenters. The van der Waals surface area contributed by atoms with Crippen LogP contribution < -0.4 is 0 Å². The Labute approximate surface area is 260 Å². The summed E-state index contributed by atoms with van der Waals surface area (Å²) in [6, 6.07) is 45.0. The van der Waals surface area contributed by atoms with Gasteiger partial charge in [-0.25, -0.2) is 0 Å². The Balaban J connectivity index is 1.37. The summed E-state index contributed by atoms with van der Waals surface area (Å²) in [6.45, 7) is 4.59. The standard InChI is InChI=1S/C41H28N4/c1-41(2)33-15-7-3-11-27(33)31-21-32-30-14-6-10-18-37(30)45(40(32)22-34(31)41)39-20-25(23-42)38(19-26(39)24-43)44-35-16-8-4-12-28(35)29-13-5-9-17-36(29)44/h3-23,42H,1-2H3. The maximum absolute atomic E-state index is 10.7. The fourth-order valence-electron chi connectivity index (χ4n) is 7.78. The van der Waals surface area contributed by atoms with Crippen molar-refractivity contribution < 1.29 is 0 Å². The largest absolute Gasteiger partial charge is 0.309 e. The third-order valence-corrected chi connectivity index (χ3v) is 9.86. The zero-order chi connectivity index (χ0) is 30.4. The molecule has 8 aromatic rings. The van der Waals surface area contributed by atoms with Crippen LogP contribution >= 0.6 is 0 Å². The first-order chi connectivity index (χ1) is 22.0. The molecule has 2 heterocycles. The van der Waals surface area contributed by atoms with Crippen LogP contribution in [-0.4, -0.2) is 15.3 Å². The second-order valence-corrected chi connectivity index (χ2v) is 12.5. The normalized spacial score (nSPS) is 13.4. The van der Waals surface area contributed by atoms with Crippen molar-refractivity contribution >= 4 is 49.8 Å². The van der Waals surface area contributed by atoms with E-state index in [2.05, 4.69) is 126 Å². The summed E-state index contributed by atoms with van der Waals surface area (Å²) >= 11 is 0. The lowest BCUT2D eigenvalue weighted by Crippen LogP contribution is -2.15. The van der Waals surface area contributed by atoms with Gasteiger partial charge in [-0.3, -0.25) is 0 Å². The van der Waals surface area contributed by atoms with Gasteiger partial charge in [0, 0.05) is 38.7 Å². The molecule has 0 saturated heterocycles. The highest BCUT2D eigenvalue weighted by Crippen LogP contribution is 2.51. The topological polar surface area (TPSA) is 57.5 Å². The molecule has 212 valence electrons. The van der Waals surface area contributed by atoms with Gasteiger partial charge in [0.15, 0.2) is 0 Å². The fourth-order valence-corrected chi connectivity index (χ4v) is 7.78. The molecule has 4 nitrogen and oxygen atoms in total.